The van der Waals surface area contributed by atoms with E-state index >= 15 is 0 Å². The summed E-state index contributed by atoms with van der Waals surface area (Å²) in [4.78, 5) is 17.5. The van der Waals surface area contributed by atoms with Crippen LogP contribution >= 0.6 is 0 Å². The molecule has 2 aromatic carbocycles. The van der Waals surface area contributed by atoms with E-state index in [9.17, 15) is 15.4 Å². The Kier molecular flexibility index (Phi) is 5.02. The highest BCUT2D eigenvalue weighted by atomic mass is 16.6. The predicted molar refractivity (Wildman–Crippen MR) is 111 cm³/mol. The first kappa shape index (κ1) is 19.3. The molecule has 0 saturated carbocycles. The summed E-state index contributed by atoms with van der Waals surface area (Å²) in [6, 6.07) is 15.8. The van der Waals surface area contributed by atoms with Crippen LogP contribution in [0, 0.1) is 21.4 Å². The number of aromatic nitrogens is 1. The van der Waals surface area contributed by atoms with Gasteiger partial charge in [0, 0.05) is 37.2 Å². The second-order valence-corrected chi connectivity index (χ2v) is 7.59. The van der Waals surface area contributed by atoms with E-state index in [1.807, 2.05) is 75.3 Å². The van der Waals surface area contributed by atoms with E-state index in [4.69, 9.17) is 0 Å². The topological polar surface area (TPSA) is 83.1 Å². The molecule has 142 valence electrons. The third-order valence-electron chi connectivity index (χ3n) is 4.99. The van der Waals surface area contributed by atoms with E-state index < -0.39 is 5.41 Å². The summed E-state index contributed by atoms with van der Waals surface area (Å²) in [6.07, 6.45) is 1.75. The van der Waals surface area contributed by atoms with Crippen LogP contribution in [0.3, 0.4) is 0 Å². The fraction of sp³-hybridized carbons (Fsp3) is 0.273. The number of hydrogen-bond donors (Lipinski definition) is 0. The highest BCUT2D eigenvalue weighted by Gasteiger charge is 2.21. The molecule has 28 heavy (non-hydrogen) atoms. The quantitative estimate of drug-likeness (QED) is 0.481. The summed E-state index contributed by atoms with van der Waals surface area (Å²) in [5.41, 5.74) is 3.65. The van der Waals surface area contributed by atoms with Gasteiger partial charge in [0.2, 0.25) is 0 Å². The number of anilines is 1. The van der Waals surface area contributed by atoms with Crippen molar-refractivity contribution < 1.29 is 4.92 Å². The van der Waals surface area contributed by atoms with E-state index in [2.05, 4.69) is 11.1 Å². The maximum Gasteiger partial charge on any atom is 0.291 e. The van der Waals surface area contributed by atoms with Gasteiger partial charge in [0.25, 0.3) is 5.69 Å². The molecule has 0 aliphatic carbocycles. The smallest absolute Gasteiger partial charge is 0.291 e. The van der Waals surface area contributed by atoms with Gasteiger partial charge in [-0.2, -0.15) is 5.26 Å². The van der Waals surface area contributed by atoms with Crippen molar-refractivity contribution in [3.8, 4) is 6.07 Å². The molecule has 0 aliphatic rings. The van der Waals surface area contributed by atoms with Crippen LogP contribution in [0.1, 0.15) is 30.5 Å². The Bertz CT molecular complexity index is 1080. The van der Waals surface area contributed by atoms with Gasteiger partial charge in [0.1, 0.15) is 6.20 Å². The molecule has 0 bridgehead atoms. The number of fused-ring (bicyclic) bond motifs is 1. The van der Waals surface area contributed by atoms with Gasteiger partial charge in [-0.05, 0) is 43.2 Å². The minimum atomic E-state index is -0.575. The fourth-order valence-corrected chi connectivity index (χ4v) is 3.15. The van der Waals surface area contributed by atoms with Crippen LogP contribution in [-0.4, -0.2) is 24.0 Å². The largest absolute Gasteiger partial charge is 0.378 e. The zero-order valence-corrected chi connectivity index (χ0v) is 16.4. The monoisotopic (exact) mass is 374 g/mol. The molecule has 6 nitrogen and oxygen atoms in total. The summed E-state index contributed by atoms with van der Waals surface area (Å²) in [5, 5.41) is 21.7. The molecule has 0 fully saturated rings. The minimum absolute atomic E-state index is 0.0184. The first-order valence-electron chi connectivity index (χ1n) is 8.97. The summed E-state index contributed by atoms with van der Waals surface area (Å²) >= 11 is 0. The van der Waals surface area contributed by atoms with Crippen LogP contribution in [0.15, 0.2) is 48.7 Å². The number of benzene rings is 2. The lowest BCUT2D eigenvalue weighted by molar-refractivity contribution is -0.385. The third-order valence-corrected chi connectivity index (χ3v) is 4.99. The molecule has 1 heterocycles. The van der Waals surface area contributed by atoms with Crippen molar-refractivity contribution in [2.24, 2.45) is 0 Å². The zero-order valence-electron chi connectivity index (χ0n) is 16.4. The van der Waals surface area contributed by atoms with Crippen LogP contribution in [0.25, 0.3) is 10.9 Å². The van der Waals surface area contributed by atoms with Crippen molar-refractivity contribution in [1.29, 1.82) is 5.26 Å². The first-order chi connectivity index (χ1) is 13.2. The van der Waals surface area contributed by atoms with E-state index in [0.29, 0.717) is 12.0 Å². The van der Waals surface area contributed by atoms with E-state index in [1.54, 1.807) is 0 Å². The Hall–Kier alpha value is -3.46. The van der Waals surface area contributed by atoms with Crippen LogP contribution in [0.4, 0.5) is 11.4 Å². The molecular weight excluding hydrogens is 352 g/mol. The van der Waals surface area contributed by atoms with Crippen molar-refractivity contribution >= 4 is 22.3 Å². The molecule has 0 spiro atoms. The molecule has 3 aromatic rings. The predicted octanol–water partition coefficient (Wildman–Crippen LogP) is 4.60. The van der Waals surface area contributed by atoms with Crippen molar-refractivity contribution in [1.82, 2.24) is 4.98 Å². The Balaban J connectivity index is 2.10. The highest BCUT2D eigenvalue weighted by Crippen LogP contribution is 2.31. The van der Waals surface area contributed by atoms with E-state index in [1.165, 1.54) is 6.20 Å². The lowest BCUT2D eigenvalue weighted by Crippen LogP contribution is -2.13. The number of pyridine rings is 1. The Labute approximate surface area is 164 Å². The minimum Gasteiger partial charge on any atom is -0.378 e. The summed E-state index contributed by atoms with van der Waals surface area (Å²) in [5.74, 6) is 0. The normalized spacial score (nSPS) is 11.2. The molecule has 1 aromatic heterocycles. The molecule has 6 heteroatoms. The average molecular weight is 374 g/mol. The van der Waals surface area contributed by atoms with Gasteiger partial charge >= 0.3 is 0 Å². The van der Waals surface area contributed by atoms with Crippen LogP contribution in [0.5, 0.6) is 0 Å². The molecule has 0 radical (unpaired) electrons. The lowest BCUT2D eigenvalue weighted by atomic mass is 9.85. The summed E-state index contributed by atoms with van der Waals surface area (Å²) in [6.45, 7) is 3.73. The van der Waals surface area contributed by atoms with Gasteiger partial charge in [-0.3, -0.25) is 10.1 Å². The van der Waals surface area contributed by atoms with E-state index in [-0.39, 0.29) is 10.6 Å². The highest BCUT2D eigenvalue weighted by molar-refractivity contribution is 5.88. The lowest BCUT2D eigenvalue weighted by Gasteiger charge is -2.16. The van der Waals surface area contributed by atoms with Gasteiger partial charge in [-0.25, -0.2) is 4.98 Å². The molecule has 0 unspecified atom stereocenters. The number of rotatable bonds is 5. The average Bonchev–Trinajstić information content (AvgIpc) is 2.68. The van der Waals surface area contributed by atoms with Crippen molar-refractivity contribution in [2.75, 3.05) is 19.0 Å². The molecule has 0 aliphatic heterocycles. The van der Waals surface area contributed by atoms with Gasteiger partial charge < -0.3 is 4.90 Å². The molecule has 3 rings (SSSR count). The SMILES string of the molecule is CN(C)c1ccc2ncc([N+](=O)[O-])c(Cc3ccc(C(C)(C)C#N)cc3)c2c1. The molecule has 0 amide bonds. The summed E-state index contributed by atoms with van der Waals surface area (Å²) in [7, 11) is 3.86. The van der Waals surface area contributed by atoms with E-state index in [0.717, 1.165) is 27.7 Å². The second-order valence-electron chi connectivity index (χ2n) is 7.59. The van der Waals surface area contributed by atoms with Crippen LogP contribution < -0.4 is 4.90 Å². The van der Waals surface area contributed by atoms with Crippen LogP contribution in [0.2, 0.25) is 0 Å². The number of nitro groups is 1. The first-order valence-corrected chi connectivity index (χ1v) is 8.97. The molecule has 0 saturated heterocycles. The number of nitrogens with zero attached hydrogens (tertiary/aromatic N) is 4. The number of hydrogen-bond acceptors (Lipinski definition) is 5. The van der Waals surface area contributed by atoms with Gasteiger partial charge in [-0.1, -0.05) is 24.3 Å². The fourth-order valence-electron chi connectivity index (χ4n) is 3.15. The van der Waals surface area contributed by atoms with Crippen LogP contribution in [-0.2, 0) is 11.8 Å². The Morgan fingerprint density at radius 3 is 2.43 bits per heavy atom. The summed E-state index contributed by atoms with van der Waals surface area (Å²) < 4.78 is 0. The number of nitriles is 1. The molecular formula is C22H22N4O2. The van der Waals surface area contributed by atoms with Gasteiger partial charge in [0.15, 0.2) is 0 Å². The standard InChI is InChI=1S/C22H22N4O2/c1-22(2,14-23)16-7-5-15(6-8-16)11-19-18-12-17(25(3)4)9-10-20(18)24-13-21(19)26(27)28/h5-10,12-13H,11H2,1-4H3. The maximum absolute atomic E-state index is 11.6. The maximum atomic E-state index is 11.6. The molecule has 0 atom stereocenters. The van der Waals surface area contributed by atoms with Gasteiger partial charge in [0.05, 0.1) is 21.9 Å². The van der Waals surface area contributed by atoms with Crippen molar-refractivity contribution in [2.45, 2.75) is 25.7 Å². The Morgan fingerprint density at radius 2 is 1.86 bits per heavy atom. The Morgan fingerprint density at radius 1 is 1.18 bits per heavy atom. The van der Waals surface area contributed by atoms with Crippen molar-refractivity contribution in [3.05, 3.63) is 75.5 Å². The molecule has 0 N–H and O–H groups in total. The second kappa shape index (κ2) is 7.28. The van der Waals surface area contributed by atoms with Crippen molar-refractivity contribution in [3.63, 3.8) is 0 Å². The zero-order chi connectivity index (χ0) is 20.5. The third kappa shape index (κ3) is 3.65. The van der Waals surface area contributed by atoms with Gasteiger partial charge in [-0.15, -0.1) is 0 Å².